The summed E-state index contributed by atoms with van der Waals surface area (Å²) in [7, 11) is -1.25. The fraction of sp³-hybridized carbons (Fsp3) is 0.444. The molecule has 3 N–H and O–H groups in total. The van der Waals surface area contributed by atoms with Crippen molar-refractivity contribution in [1.29, 1.82) is 0 Å². The van der Waals surface area contributed by atoms with E-state index in [1.54, 1.807) is 0 Å². The molecule has 0 bridgehead atoms. The number of aromatic nitrogens is 2. The number of carbonyl (C=O) groups is 2. The van der Waals surface area contributed by atoms with Crippen LogP contribution in [0.3, 0.4) is 0 Å². The zero-order valence-electron chi connectivity index (χ0n) is 10.3. The standard InChI is InChI=1S/C9H13N5O4S/c1-13-4-11-7(10)9(13)19(17,18)12-5-3-6(15)14(2)8(5)16/h4-5,12H,3,10H2,1-2H3. The topological polar surface area (TPSA) is 127 Å². The number of nitrogens with one attached hydrogen (secondary N) is 1. The van der Waals surface area contributed by atoms with E-state index >= 15 is 0 Å². The lowest BCUT2D eigenvalue weighted by Gasteiger charge is -2.12. The highest BCUT2D eigenvalue weighted by Crippen LogP contribution is 2.18. The van der Waals surface area contributed by atoms with Gasteiger partial charge in [-0.2, -0.15) is 4.72 Å². The Morgan fingerprint density at radius 1 is 1.42 bits per heavy atom. The third kappa shape index (κ3) is 2.19. The van der Waals surface area contributed by atoms with Crippen molar-refractivity contribution in [1.82, 2.24) is 19.2 Å². The molecule has 0 spiro atoms. The molecule has 2 heterocycles. The Kier molecular flexibility index (Phi) is 3.06. The van der Waals surface area contributed by atoms with E-state index in [1.807, 2.05) is 0 Å². The van der Waals surface area contributed by atoms with Crippen molar-refractivity contribution in [3.05, 3.63) is 6.33 Å². The van der Waals surface area contributed by atoms with Gasteiger partial charge in [-0.15, -0.1) is 0 Å². The number of aryl methyl sites for hydroxylation is 1. The summed E-state index contributed by atoms with van der Waals surface area (Å²) in [6.07, 6.45) is 1.05. The highest BCUT2D eigenvalue weighted by Gasteiger charge is 2.39. The van der Waals surface area contributed by atoms with E-state index in [9.17, 15) is 18.0 Å². The summed E-state index contributed by atoms with van der Waals surface area (Å²) in [6.45, 7) is 0. The molecule has 0 aliphatic carbocycles. The molecule has 1 aliphatic rings. The van der Waals surface area contributed by atoms with E-state index in [4.69, 9.17) is 5.73 Å². The average molecular weight is 287 g/mol. The predicted molar refractivity (Wildman–Crippen MR) is 64.1 cm³/mol. The molecule has 19 heavy (non-hydrogen) atoms. The minimum absolute atomic E-state index is 0.167. The highest BCUT2D eigenvalue weighted by molar-refractivity contribution is 7.89. The first-order chi connectivity index (χ1) is 8.74. The van der Waals surface area contributed by atoms with Crippen LogP contribution in [0.15, 0.2) is 11.4 Å². The summed E-state index contributed by atoms with van der Waals surface area (Å²) in [5, 5.41) is -0.234. The van der Waals surface area contributed by atoms with Gasteiger partial charge in [0.2, 0.25) is 11.8 Å². The molecule has 1 fully saturated rings. The average Bonchev–Trinajstić information content (AvgIpc) is 2.75. The molecule has 0 aromatic carbocycles. The normalized spacial score (nSPS) is 20.3. The van der Waals surface area contributed by atoms with Crippen LogP contribution in [0.1, 0.15) is 6.42 Å². The predicted octanol–water partition coefficient (Wildman–Crippen LogP) is -1.96. The number of carbonyl (C=O) groups excluding carboxylic acids is 2. The number of hydrogen-bond donors (Lipinski definition) is 2. The van der Waals surface area contributed by atoms with Crippen LogP contribution in [-0.2, 0) is 26.7 Å². The number of imidazole rings is 1. The second-order valence-electron chi connectivity index (χ2n) is 4.21. The molecule has 1 unspecified atom stereocenters. The zero-order chi connectivity index (χ0) is 14.4. The number of sulfonamides is 1. The smallest absolute Gasteiger partial charge is 0.260 e. The van der Waals surface area contributed by atoms with Gasteiger partial charge < -0.3 is 10.3 Å². The number of rotatable bonds is 3. The third-order valence-electron chi connectivity index (χ3n) is 2.84. The lowest BCUT2D eigenvalue weighted by atomic mass is 10.3. The van der Waals surface area contributed by atoms with E-state index in [-0.39, 0.29) is 17.3 Å². The Morgan fingerprint density at radius 3 is 2.47 bits per heavy atom. The van der Waals surface area contributed by atoms with E-state index in [2.05, 4.69) is 9.71 Å². The van der Waals surface area contributed by atoms with Crippen LogP contribution in [0.4, 0.5) is 5.82 Å². The molecule has 1 aliphatic heterocycles. The maximum Gasteiger partial charge on any atom is 0.260 e. The molecular formula is C9H13N5O4S. The number of nitrogen functional groups attached to an aromatic ring is 1. The number of nitrogens with two attached hydrogens (primary N) is 1. The van der Waals surface area contributed by atoms with Gasteiger partial charge in [0, 0.05) is 14.1 Å². The number of anilines is 1. The molecule has 1 saturated heterocycles. The summed E-state index contributed by atoms with van der Waals surface area (Å²) in [6, 6.07) is -1.10. The number of amides is 2. The Hall–Kier alpha value is -1.94. The Morgan fingerprint density at radius 2 is 2.05 bits per heavy atom. The first kappa shape index (κ1) is 13.5. The van der Waals surface area contributed by atoms with Crippen LogP contribution in [0, 0.1) is 0 Å². The molecule has 0 radical (unpaired) electrons. The molecule has 1 atom stereocenters. The second kappa shape index (κ2) is 4.31. The van der Waals surface area contributed by atoms with Gasteiger partial charge in [-0.25, -0.2) is 13.4 Å². The summed E-state index contributed by atoms with van der Waals surface area (Å²) in [4.78, 5) is 27.5. The van der Waals surface area contributed by atoms with E-state index in [1.165, 1.54) is 25.0 Å². The van der Waals surface area contributed by atoms with Crippen molar-refractivity contribution in [2.45, 2.75) is 17.5 Å². The van der Waals surface area contributed by atoms with Crippen LogP contribution in [0.2, 0.25) is 0 Å². The van der Waals surface area contributed by atoms with Crippen molar-refractivity contribution in [2.24, 2.45) is 7.05 Å². The largest absolute Gasteiger partial charge is 0.381 e. The summed E-state index contributed by atoms with van der Waals surface area (Å²) >= 11 is 0. The SMILES string of the molecule is CN1C(=O)CC(NS(=O)(=O)c2c(N)ncn2C)C1=O. The van der Waals surface area contributed by atoms with Gasteiger partial charge in [0.15, 0.2) is 10.8 Å². The molecule has 2 amide bonds. The van der Waals surface area contributed by atoms with E-state index in [0.717, 1.165) is 4.90 Å². The van der Waals surface area contributed by atoms with Crippen LogP contribution in [0.25, 0.3) is 0 Å². The minimum Gasteiger partial charge on any atom is -0.381 e. The van der Waals surface area contributed by atoms with Crippen LogP contribution < -0.4 is 10.5 Å². The van der Waals surface area contributed by atoms with Crippen molar-refractivity contribution >= 4 is 27.7 Å². The number of imide groups is 1. The van der Waals surface area contributed by atoms with Crippen molar-refractivity contribution in [3.63, 3.8) is 0 Å². The molecule has 104 valence electrons. The van der Waals surface area contributed by atoms with Crippen LogP contribution in [-0.4, -0.2) is 47.8 Å². The zero-order valence-corrected chi connectivity index (χ0v) is 11.1. The maximum atomic E-state index is 12.1. The number of hydrogen-bond acceptors (Lipinski definition) is 6. The quantitative estimate of drug-likeness (QED) is 0.621. The van der Waals surface area contributed by atoms with Crippen molar-refractivity contribution < 1.29 is 18.0 Å². The molecule has 1 aromatic heterocycles. The molecular weight excluding hydrogens is 274 g/mol. The highest BCUT2D eigenvalue weighted by atomic mass is 32.2. The third-order valence-corrected chi connectivity index (χ3v) is 4.44. The van der Waals surface area contributed by atoms with Gasteiger partial charge in [-0.1, -0.05) is 0 Å². The second-order valence-corrected chi connectivity index (χ2v) is 5.84. The van der Waals surface area contributed by atoms with Crippen LogP contribution in [0.5, 0.6) is 0 Å². The molecule has 0 saturated carbocycles. The lowest BCUT2D eigenvalue weighted by molar-refractivity contribution is -0.137. The minimum atomic E-state index is -4.02. The number of nitrogens with zero attached hydrogens (tertiary/aromatic N) is 3. The van der Waals surface area contributed by atoms with Gasteiger partial charge >= 0.3 is 0 Å². The molecule has 2 rings (SSSR count). The molecule has 1 aromatic rings. The van der Waals surface area contributed by atoms with Crippen molar-refractivity contribution in [3.8, 4) is 0 Å². The first-order valence-electron chi connectivity index (χ1n) is 5.33. The lowest BCUT2D eigenvalue weighted by Crippen LogP contribution is -2.41. The Balaban J connectivity index is 2.29. The summed E-state index contributed by atoms with van der Waals surface area (Å²) in [5.74, 6) is -1.19. The summed E-state index contributed by atoms with van der Waals surface area (Å²) in [5.41, 5.74) is 5.48. The Labute approximate surface area is 109 Å². The van der Waals surface area contributed by atoms with Gasteiger partial charge in [-0.3, -0.25) is 14.5 Å². The van der Waals surface area contributed by atoms with E-state index < -0.39 is 27.9 Å². The molecule has 9 nitrogen and oxygen atoms in total. The maximum absolute atomic E-state index is 12.1. The number of likely N-dealkylation sites (tertiary alicyclic amines) is 1. The van der Waals surface area contributed by atoms with Gasteiger partial charge in [0.05, 0.1) is 12.7 Å². The van der Waals surface area contributed by atoms with Gasteiger partial charge in [0.1, 0.15) is 6.04 Å². The van der Waals surface area contributed by atoms with Crippen LogP contribution >= 0.6 is 0 Å². The summed E-state index contributed by atoms with van der Waals surface area (Å²) < 4.78 is 27.6. The first-order valence-corrected chi connectivity index (χ1v) is 6.82. The van der Waals surface area contributed by atoms with Gasteiger partial charge in [-0.05, 0) is 0 Å². The van der Waals surface area contributed by atoms with Crippen molar-refractivity contribution in [2.75, 3.05) is 12.8 Å². The van der Waals surface area contributed by atoms with E-state index in [0.29, 0.717) is 0 Å². The fourth-order valence-electron chi connectivity index (χ4n) is 1.86. The number of likely N-dealkylation sites (N-methyl/N-ethyl adjacent to an activating group) is 1. The van der Waals surface area contributed by atoms with Gasteiger partial charge in [0.25, 0.3) is 10.0 Å². The monoisotopic (exact) mass is 287 g/mol. The fourth-order valence-corrected chi connectivity index (χ4v) is 3.28. The molecule has 10 heteroatoms. The Bertz CT molecular complexity index is 630.